The van der Waals surface area contributed by atoms with Crippen LogP contribution in [0.4, 0.5) is 5.69 Å². The van der Waals surface area contributed by atoms with E-state index in [1.807, 2.05) is 6.08 Å². The van der Waals surface area contributed by atoms with Crippen molar-refractivity contribution in [2.24, 2.45) is 23.2 Å². The van der Waals surface area contributed by atoms with Gasteiger partial charge in [0.2, 0.25) is 0 Å². The second-order valence-corrected chi connectivity index (χ2v) is 15.8. The van der Waals surface area contributed by atoms with Crippen molar-refractivity contribution in [3.63, 3.8) is 0 Å². The molecule has 6 atom stereocenters. The molecule has 2 saturated carbocycles. The highest BCUT2D eigenvalue weighted by atomic mass is 16.5. The third-order valence-corrected chi connectivity index (χ3v) is 11.5. The second kappa shape index (κ2) is 10.1. The maximum Gasteiger partial charge on any atom is 0.187 e. The molecule has 3 unspecified atom stereocenters. The van der Waals surface area contributed by atoms with Gasteiger partial charge < -0.3 is 25.4 Å². The Hall–Kier alpha value is -2.25. The quantitative estimate of drug-likeness (QED) is 0.344. The van der Waals surface area contributed by atoms with E-state index in [1.54, 1.807) is 13.8 Å². The van der Waals surface area contributed by atoms with Crippen molar-refractivity contribution in [1.29, 1.82) is 0 Å². The lowest BCUT2D eigenvalue weighted by molar-refractivity contribution is -0.159. The number of carbonyl (C=O) groups excluding carboxylic acids is 1. The molecule has 43 heavy (non-hydrogen) atoms. The normalized spacial score (nSPS) is 35.4. The summed E-state index contributed by atoms with van der Waals surface area (Å²) in [5, 5.41) is 17.5. The van der Waals surface area contributed by atoms with Gasteiger partial charge in [-0.2, -0.15) is 0 Å². The van der Waals surface area contributed by atoms with Crippen LogP contribution >= 0.6 is 0 Å². The minimum absolute atomic E-state index is 0.0623. The van der Waals surface area contributed by atoms with Crippen molar-refractivity contribution in [2.75, 3.05) is 12.8 Å². The summed E-state index contributed by atoms with van der Waals surface area (Å²) in [6.45, 7) is 14.6. The number of ketones is 1. The summed E-state index contributed by atoms with van der Waals surface area (Å²) in [6.07, 6.45) is 10.7. The van der Waals surface area contributed by atoms with Crippen molar-refractivity contribution >= 4 is 22.6 Å². The highest BCUT2D eigenvalue weighted by molar-refractivity contribution is 5.96. The van der Waals surface area contributed by atoms with E-state index >= 15 is 0 Å². The average molecular weight is 590 g/mol. The molecule has 2 heterocycles. The van der Waals surface area contributed by atoms with Crippen molar-refractivity contribution < 1.29 is 24.5 Å². The Labute approximate surface area is 257 Å². The van der Waals surface area contributed by atoms with E-state index in [-0.39, 0.29) is 28.5 Å². The first-order chi connectivity index (χ1) is 20.1. The summed E-state index contributed by atoms with van der Waals surface area (Å²) >= 11 is 0. The Kier molecular flexibility index (Phi) is 7.25. The number of anilines is 1. The monoisotopic (exact) mass is 589 g/mol. The lowest BCUT2D eigenvalue weighted by Crippen LogP contribution is -2.54. The van der Waals surface area contributed by atoms with Gasteiger partial charge in [0.25, 0.3) is 0 Å². The van der Waals surface area contributed by atoms with Crippen LogP contribution in [0.5, 0.6) is 0 Å². The summed E-state index contributed by atoms with van der Waals surface area (Å²) in [5.74, 6) is 1.33. The van der Waals surface area contributed by atoms with Crippen LogP contribution in [0.1, 0.15) is 104 Å². The molecule has 4 N–H and O–H groups in total. The molecule has 6 nitrogen and oxygen atoms in total. The topological polar surface area (TPSA) is 102 Å². The number of rotatable bonds is 2. The summed E-state index contributed by atoms with van der Waals surface area (Å²) in [7, 11) is 1.00. The molecule has 0 bridgehead atoms. The fraction of sp³-hybridized carbons (Fsp3) is 0.649. The van der Waals surface area contributed by atoms with Gasteiger partial charge >= 0.3 is 0 Å². The van der Waals surface area contributed by atoms with Crippen LogP contribution in [-0.2, 0) is 20.7 Å². The molecule has 0 amide bonds. The number of aliphatic hydroxyl groups excluding tert-OH is 1. The van der Waals surface area contributed by atoms with Crippen molar-refractivity contribution in [1.82, 2.24) is 0 Å². The van der Waals surface area contributed by atoms with Crippen LogP contribution in [0.3, 0.4) is 0 Å². The lowest BCUT2D eigenvalue weighted by Gasteiger charge is -2.55. The first-order valence-corrected chi connectivity index (χ1v) is 16.2. The van der Waals surface area contributed by atoms with E-state index in [4.69, 9.17) is 20.3 Å². The largest absolute Gasteiger partial charge is 0.400 e. The van der Waals surface area contributed by atoms with Gasteiger partial charge in [0.1, 0.15) is 6.10 Å². The molecule has 1 aromatic carbocycles. The Morgan fingerprint density at radius 3 is 2.44 bits per heavy atom. The van der Waals surface area contributed by atoms with E-state index < -0.39 is 11.7 Å². The molecule has 0 saturated heterocycles. The number of carbonyl (C=O) groups is 1. The van der Waals surface area contributed by atoms with Gasteiger partial charge in [-0.15, -0.1) is 0 Å². The molecular weight excluding hydrogens is 538 g/mol. The van der Waals surface area contributed by atoms with E-state index in [9.17, 15) is 9.90 Å². The number of nitrogen functional groups attached to an aromatic ring is 1. The predicted molar refractivity (Wildman–Crippen MR) is 171 cm³/mol. The SMILES string of the molecule is CC1(C)CC2=C(Cc3cc(C4=CC5[C@@H](CCC6C7=CC(=O)[C@@H](C(C)(C)O)OC7CC[C@@]65C)C4)c(N)cc32)C(C)(C)O1.CO. The highest BCUT2D eigenvalue weighted by Gasteiger charge is 2.56. The van der Waals surface area contributed by atoms with Crippen LogP contribution in [0.2, 0.25) is 0 Å². The predicted octanol–water partition coefficient (Wildman–Crippen LogP) is 6.43. The molecular formula is C37H51NO5. The molecule has 2 aliphatic heterocycles. The summed E-state index contributed by atoms with van der Waals surface area (Å²) in [4.78, 5) is 13.0. The number of fused-ring (bicyclic) bond motifs is 7. The fourth-order valence-electron chi connectivity index (χ4n) is 9.85. The summed E-state index contributed by atoms with van der Waals surface area (Å²) < 4.78 is 12.8. The Balaban J connectivity index is 0.00000161. The van der Waals surface area contributed by atoms with Gasteiger partial charge in [-0.1, -0.05) is 13.0 Å². The molecule has 0 aromatic heterocycles. The number of ether oxygens (including phenoxy) is 2. The third-order valence-electron chi connectivity index (χ3n) is 11.5. The Morgan fingerprint density at radius 1 is 1.02 bits per heavy atom. The minimum Gasteiger partial charge on any atom is -0.400 e. The average Bonchev–Trinajstić information content (AvgIpc) is 3.50. The Bertz CT molecular complexity index is 1440. The van der Waals surface area contributed by atoms with E-state index in [1.165, 1.54) is 39.0 Å². The van der Waals surface area contributed by atoms with Crippen LogP contribution in [-0.4, -0.2) is 52.1 Å². The zero-order valence-corrected chi connectivity index (χ0v) is 27.3. The molecule has 6 heteroatoms. The van der Waals surface area contributed by atoms with Gasteiger partial charge in [0, 0.05) is 24.8 Å². The van der Waals surface area contributed by atoms with Crippen molar-refractivity contribution in [2.45, 2.75) is 122 Å². The van der Waals surface area contributed by atoms with Gasteiger partial charge in [-0.25, -0.2) is 0 Å². The first kappa shape index (κ1) is 30.8. The van der Waals surface area contributed by atoms with Crippen LogP contribution in [0.15, 0.2) is 35.4 Å². The number of benzene rings is 1. The number of hydrogen-bond acceptors (Lipinski definition) is 6. The van der Waals surface area contributed by atoms with Gasteiger partial charge in [-0.05, 0) is 155 Å². The fourth-order valence-corrected chi connectivity index (χ4v) is 9.85. The van der Waals surface area contributed by atoms with Crippen LogP contribution in [0.25, 0.3) is 11.1 Å². The van der Waals surface area contributed by atoms with Gasteiger partial charge in [0.05, 0.1) is 22.9 Å². The van der Waals surface area contributed by atoms with Crippen molar-refractivity contribution in [3.05, 3.63) is 52.1 Å². The van der Waals surface area contributed by atoms with Crippen LogP contribution < -0.4 is 5.73 Å². The maximum atomic E-state index is 13.0. The van der Waals surface area contributed by atoms with E-state index in [2.05, 4.69) is 52.8 Å². The highest BCUT2D eigenvalue weighted by Crippen LogP contribution is 2.62. The summed E-state index contributed by atoms with van der Waals surface area (Å²) in [5.41, 5.74) is 15.5. The first-order valence-electron chi connectivity index (χ1n) is 16.2. The number of hydrogen-bond donors (Lipinski definition) is 3. The van der Waals surface area contributed by atoms with Crippen molar-refractivity contribution in [3.8, 4) is 0 Å². The Morgan fingerprint density at radius 2 is 1.74 bits per heavy atom. The lowest BCUT2D eigenvalue weighted by atomic mass is 9.51. The molecule has 6 aliphatic rings. The molecule has 4 aliphatic carbocycles. The zero-order chi connectivity index (χ0) is 31.3. The number of aliphatic hydroxyl groups is 2. The van der Waals surface area contributed by atoms with Gasteiger partial charge in [0.15, 0.2) is 5.78 Å². The minimum atomic E-state index is -1.18. The summed E-state index contributed by atoms with van der Waals surface area (Å²) in [6, 6.07) is 4.64. The molecule has 0 radical (unpaired) electrons. The molecule has 1 aromatic rings. The van der Waals surface area contributed by atoms with Gasteiger partial charge in [-0.3, -0.25) is 4.79 Å². The molecule has 234 valence electrons. The van der Waals surface area contributed by atoms with E-state index in [0.717, 1.165) is 57.7 Å². The standard InChI is InChI=1S/C36H47NO4.CH4O/c1-33(2)18-25-22-16-29(37)23(13-21(22)15-28(25)35(5,6)41-33)20-12-19-8-9-26-24-17-30(38)32(34(3,4)39)40-31(24)10-11-36(26,7)27(19)14-20;1-2/h13-14,16-17,19,26-27,31-32,39H,8-12,15,18,37H2,1-7H3;2H,1H3/t19-,26?,27?,31?,32-,36-;/m0./s1. The molecule has 0 spiro atoms. The number of allylic oxidation sites excluding steroid dienone is 2. The number of nitrogens with two attached hydrogens (primary N) is 1. The molecule has 2 fully saturated rings. The second-order valence-electron chi connectivity index (χ2n) is 15.8. The van der Waals surface area contributed by atoms with Crippen LogP contribution in [0, 0.1) is 23.2 Å². The zero-order valence-electron chi connectivity index (χ0n) is 27.3. The smallest absolute Gasteiger partial charge is 0.187 e. The molecule has 7 rings (SSSR count). The van der Waals surface area contributed by atoms with E-state index in [0.29, 0.717) is 17.8 Å². The third kappa shape index (κ3) is 4.88. The maximum absolute atomic E-state index is 13.0.